The zero-order chi connectivity index (χ0) is 17.2. The Morgan fingerprint density at radius 2 is 2.21 bits per heavy atom. The summed E-state index contributed by atoms with van der Waals surface area (Å²) in [5.74, 6) is -0.227. The van der Waals surface area contributed by atoms with Crippen molar-refractivity contribution in [1.29, 1.82) is 5.26 Å². The fraction of sp³-hybridized carbons (Fsp3) is 0.353. The summed E-state index contributed by atoms with van der Waals surface area (Å²) in [5.41, 5.74) is 0.713. The number of carbonyl (C=O) groups excluding carboxylic acids is 1. The molecule has 0 spiro atoms. The first-order chi connectivity index (χ1) is 11.5. The average Bonchev–Trinajstić information content (AvgIpc) is 3.20. The predicted octanol–water partition coefficient (Wildman–Crippen LogP) is 5.28. The van der Waals surface area contributed by atoms with E-state index >= 15 is 0 Å². The van der Waals surface area contributed by atoms with Crippen molar-refractivity contribution >= 4 is 46.3 Å². The summed E-state index contributed by atoms with van der Waals surface area (Å²) in [6.45, 7) is 1.95. The average molecular weight is 378 g/mol. The van der Waals surface area contributed by atoms with E-state index < -0.39 is 5.41 Å². The van der Waals surface area contributed by atoms with Gasteiger partial charge in [-0.1, -0.05) is 36.2 Å². The zero-order valence-electron chi connectivity index (χ0n) is 13.1. The van der Waals surface area contributed by atoms with Crippen molar-refractivity contribution in [2.24, 2.45) is 5.41 Å². The molecule has 1 N–H and O–H groups in total. The molecule has 0 atom stereocenters. The number of nitrogens with zero attached hydrogens (tertiary/aromatic N) is 2. The number of hydrogen-bond acceptors (Lipinski definition) is 5. The third-order valence-electron chi connectivity index (χ3n) is 4.09. The van der Waals surface area contributed by atoms with Crippen LogP contribution in [0.3, 0.4) is 0 Å². The van der Waals surface area contributed by atoms with Crippen LogP contribution in [0.25, 0.3) is 0 Å². The molecule has 2 aromatic rings. The Morgan fingerprint density at radius 3 is 2.79 bits per heavy atom. The van der Waals surface area contributed by atoms with Crippen molar-refractivity contribution in [2.45, 2.75) is 41.8 Å². The predicted molar refractivity (Wildman–Crippen MR) is 97.6 cm³/mol. The van der Waals surface area contributed by atoms with Crippen LogP contribution in [0, 0.1) is 23.7 Å². The molecule has 24 heavy (non-hydrogen) atoms. The molecule has 1 aromatic carbocycles. The summed E-state index contributed by atoms with van der Waals surface area (Å²) in [6, 6.07) is 7.61. The molecule has 1 fully saturated rings. The zero-order valence-corrected chi connectivity index (χ0v) is 15.5. The Hall–Kier alpha value is -1.55. The number of rotatable bonds is 4. The molecule has 4 nitrogen and oxygen atoms in total. The van der Waals surface area contributed by atoms with Crippen LogP contribution >= 0.6 is 34.7 Å². The van der Waals surface area contributed by atoms with Gasteiger partial charge in [0.2, 0.25) is 5.91 Å². The number of aromatic nitrogens is 1. The SMILES string of the molecule is Cc1csc(Sc2ccc(NC(=O)C3(C#N)CCCC3)cc2Cl)n1. The number of nitriles is 1. The maximum absolute atomic E-state index is 12.5. The van der Waals surface area contributed by atoms with Gasteiger partial charge >= 0.3 is 0 Å². The number of benzene rings is 1. The second-order valence-corrected chi connectivity index (χ2v) is 8.41. The molecule has 0 radical (unpaired) electrons. The van der Waals surface area contributed by atoms with Crippen molar-refractivity contribution in [2.75, 3.05) is 5.32 Å². The normalized spacial score (nSPS) is 15.9. The second kappa shape index (κ2) is 7.14. The fourth-order valence-corrected chi connectivity index (χ4v) is 4.85. The molecule has 124 valence electrons. The lowest BCUT2D eigenvalue weighted by molar-refractivity contribution is -0.122. The quantitative estimate of drug-likeness (QED) is 0.787. The maximum Gasteiger partial charge on any atom is 0.244 e. The number of amides is 1. The lowest BCUT2D eigenvalue weighted by Gasteiger charge is -2.19. The van der Waals surface area contributed by atoms with E-state index in [4.69, 9.17) is 11.6 Å². The molecule has 0 aliphatic heterocycles. The number of nitrogens with one attached hydrogen (secondary N) is 1. The topological polar surface area (TPSA) is 65.8 Å². The molecule has 1 aromatic heterocycles. The molecular weight excluding hydrogens is 362 g/mol. The van der Waals surface area contributed by atoms with Gasteiger partial charge in [0.25, 0.3) is 0 Å². The molecule has 1 saturated carbocycles. The maximum atomic E-state index is 12.5. The van der Waals surface area contributed by atoms with E-state index in [1.54, 1.807) is 17.4 Å². The van der Waals surface area contributed by atoms with Crippen molar-refractivity contribution in [3.05, 3.63) is 34.3 Å². The highest BCUT2D eigenvalue weighted by Gasteiger charge is 2.41. The van der Waals surface area contributed by atoms with Gasteiger partial charge in [0.1, 0.15) is 5.41 Å². The van der Waals surface area contributed by atoms with E-state index in [2.05, 4.69) is 16.4 Å². The molecular formula is C17H16ClN3OS2. The highest BCUT2D eigenvalue weighted by Crippen LogP contribution is 2.39. The molecule has 0 unspecified atom stereocenters. The third kappa shape index (κ3) is 3.59. The highest BCUT2D eigenvalue weighted by atomic mass is 35.5. The summed E-state index contributed by atoms with van der Waals surface area (Å²) in [6.07, 6.45) is 3.09. The van der Waals surface area contributed by atoms with Crippen LogP contribution in [0.4, 0.5) is 5.69 Å². The van der Waals surface area contributed by atoms with E-state index in [-0.39, 0.29) is 5.91 Å². The molecule has 0 bridgehead atoms. The lowest BCUT2D eigenvalue weighted by atomic mass is 9.87. The van der Waals surface area contributed by atoms with Gasteiger partial charge in [-0.05, 0) is 38.0 Å². The first-order valence-corrected chi connectivity index (χ1v) is 9.72. The number of hydrogen-bond donors (Lipinski definition) is 1. The van der Waals surface area contributed by atoms with E-state index in [1.165, 1.54) is 11.8 Å². The van der Waals surface area contributed by atoms with Crippen molar-refractivity contribution in [1.82, 2.24) is 4.98 Å². The van der Waals surface area contributed by atoms with Crippen LogP contribution in [-0.2, 0) is 4.79 Å². The van der Waals surface area contributed by atoms with Crippen molar-refractivity contribution in [3.8, 4) is 6.07 Å². The highest BCUT2D eigenvalue weighted by molar-refractivity contribution is 8.01. The van der Waals surface area contributed by atoms with E-state index in [0.29, 0.717) is 23.6 Å². The number of aryl methyl sites for hydroxylation is 1. The van der Waals surface area contributed by atoms with Gasteiger partial charge < -0.3 is 5.32 Å². The van der Waals surface area contributed by atoms with E-state index in [9.17, 15) is 10.1 Å². The van der Waals surface area contributed by atoms with E-state index in [1.807, 2.05) is 24.4 Å². The molecule has 1 heterocycles. The second-order valence-electron chi connectivity index (χ2n) is 5.86. The van der Waals surface area contributed by atoms with Gasteiger partial charge in [-0.2, -0.15) is 5.26 Å². The fourth-order valence-electron chi connectivity index (χ4n) is 2.75. The van der Waals surface area contributed by atoms with Crippen LogP contribution < -0.4 is 5.32 Å². The number of thiazole rings is 1. The largest absolute Gasteiger partial charge is 0.325 e. The van der Waals surface area contributed by atoms with Crippen LogP contribution in [-0.4, -0.2) is 10.9 Å². The van der Waals surface area contributed by atoms with Crippen LogP contribution in [0.1, 0.15) is 31.4 Å². The minimum atomic E-state index is -0.891. The van der Waals surface area contributed by atoms with E-state index in [0.717, 1.165) is 27.8 Å². The smallest absolute Gasteiger partial charge is 0.244 e. The summed E-state index contributed by atoms with van der Waals surface area (Å²) < 4.78 is 0.931. The Balaban J connectivity index is 1.73. The Labute approximate surface area is 154 Å². The Morgan fingerprint density at radius 1 is 1.46 bits per heavy atom. The molecule has 1 amide bonds. The first-order valence-electron chi connectivity index (χ1n) is 7.65. The third-order valence-corrected chi connectivity index (χ3v) is 6.65. The van der Waals surface area contributed by atoms with Crippen LogP contribution in [0.15, 0.2) is 32.8 Å². The number of anilines is 1. The van der Waals surface area contributed by atoms with Crippen molar-refractivity contribution in [3.63, 3.8) is 0 Å². The van der Waals surface area contributed by atoms with Gasteiger partial charge in [-0.3, -0.25) is 4.79 Å². The van der Waals surface area contributed by atoms with Crippen LogP contribution in [0.2, 0.25) is 5.02 Å². The van der Waals surface area contributed by atoms with Crippen molar-refractivity contribution < 1.29 is 4.79 Å². The standard InChI is InChI=1S/C17H16ClN3OS2/c1-11-9-23-16(20-11)24-14-5-4-12(8-13(14)18)21-15(22)17(10-19)6-2-3-7-17/h4-5,8-9H,2-3,6-7H2,1H3,(H,21,22). The molecule has 3 rings (SSSR count). The number of halogens is 1. The monoisotopic (exact) mass is 377 g/mol. The van der Waals surface area contributed by atoms with Gasteiger partial charge in [0, 0.05) is 21.7 Å². The van der Waals surface area contributed by atoms with Crippen LogP contribution in [0.5, 0.6) is 0 Å². The van der Waals surface area contributed by atoms with Gasteiger partial charge in [0.15, 0.2) is 4.34 Å². The van der Waals surface area contributed by atoms with Gasteiger partial charge in [-0.25, -0.2) is 4.98 Å². The van der Waals surface area contributed by atoms with Gasteiger partial charge in [-0.15, -0.1) is 11.3 Å². The molecule has 1 aliphatic rings. The minimum Gasteiger partial charge on any atom is -0.325 e. The number of carbonyl (C=O) groups is 1. The summed E-state index contributed by atoms with van der Waals surface area (Å²) in [5, 5.41) is 14.8. The Bertz CT molecular complexity index is 806. The minimum absolute atomic E-state index is 0.227. The summed E-state index contributed by atoms with van der Waals surface area (Å²) in [4.78, 5) is 17.8. The molecule has 7 heteroatoms. The lowest BCUT2D eigenvalue weighted by Crippen LogP contribution is -2.32. The Kier molecular flexibility index (Phi) is 5.14. The molecule has 0 saturated heterocycles. The first kappa shape index (κ1) is 17.3. The summed E-state index contributed by atoms with van der Waals surface area (Å²) >= 11 is 9.41. The summed E-state index contributed by atoms with van der Waals surface area (Å²) in [7, 11) is 0. The van der Waals surface area contributed by atoms with Gasteiger partial charge in [0.05, 0.1) is 11.1 Å². The molecule has 1 aliphatic carbocycles.